The number of benzene rings is 2. The number of oxazole rings is 1. The zero-order chi connectivity index (χ0) is 14.8. The van der Waals surface area contributed by atoms with Crippen LogP contribution in [0.3, 0.4) is 0 Å². The molecule has 22 heavy (non-hydrogen) atoms. The van der Waals surface area contributed by atoms with E-state index in [2.05, 4.69) is 29.2 Å². The van der Waals surface area contributed by atoms with Gasteiger partial charge in [-0.05, 0) is 42.3 Å². The number of furan rings is 1. The molecule has 0 aliphatic heterocycles. The van der Waals surface area contributed by atoms with Crippen molar-refractivity contribution in [3.8, 4) is 11.3 Å². The molecule has 0 amide bonds. The van der Waals surface area contributed by atoms with E-state index in [1.165, 1.54) is 5.56 Å². The van der Waals surface area contributed by atoms with Gasteiger partial charge in [0.25, 0.3) is 0 Å². The minimum Gasteiger partial charge on any atom is -0.464 e. The zero-order valence-corrected chi connectivity index (χ0v) is 12.0. The number of rotatable bonds is 4. The van der Waals surface area contributed by atoms with Crippen LogP contribution in [-0.2, 0) is 12.8 Å². The second kappa shape index (κ2) is 5.53. The predicted molar refractivity (Wildman–Crippen MR) is 85.6 cm³/mol. The molecule has 0 aliphatic carbocycles. The molecule has 0 spiro atoms. The van der Waals surface area contributed by atoms with Crippen LogP contribution < -0.4 is 0 Å². The number of hydrogen-bond donors (Lipinski definition) is 0. The molecule has 2 heterocycles. The molecule has 0 radical (unpaired) electrons. The predicted octanol–water partition coefficient (Wildman–Crippen LogP) is 4.87. The SMILES string of the molecule is c1ccc(CCc2nc3cc(-c4ccco4)ccc3o2)cc1. The number of aromatic nitrogens is 1. The monoisotopic (exact) mass is 289 g/mol. The van der Waals surface area contributed by atoms with Gasteiger partial charge in [0, 0.05) is 12.0 Å². The molecule has 0 N–H and O–H groups in total. The number of fused-ring (bicyclic) bond motifs is 1. The Morgan fingerprint density at radius 3 is 2.59 bits per heavy atom. The third-order valence-electron chi connectivity index (χ3n) is 3.71. The molecule has 0 unspecified atom stereocenters. The first-order valence-electron chi connectivity index (χ1n) is 7.36. The second-order valence-electron chi connectivity index (χ2n) is 5.25. The molecule has 0 aliphatic rings. The van der Waals surface area contributed by atoms with Crippen LogP contribution in [0, 0.1) is 0 Å². The van der Waals surface area contributed by atoms with E-state index < -0.39 is 0 Å². The van der Waals surface area contributed by atoms with E-state index in [1.807, 2.05) is 36.4 Å². The maximum Gasteiger partial charge on any atom is 0.195 e. The van der Waals surface area contributed by atoms with Crippen LogP contribution in [0.1, 0.15) is 11.5 Å². The molecular formula is C19H15NO2. The fraction of sp³-hybridized carbons (Fsp3) is 0.105. The standard InChI is InChI=1S/C19H15NO2/c1-2-5-14(6-3-1)8-11-19-20-16-13-15(9-10-18(16)22-19)17-7-4-12-21-17/h1-7,9-10,12-13H,8,11H2. The Bertz CT molecular complexity index is 876. The molecule has 0 fully saturated rings. The van der Waals surface area contributed by atoms with Gasteiger partial charge in [0.05, 0.1) is 6.26 Å². The van der Waals surface area contributed by atoms with Gasteiger partial charge in [-0.3, -0.25) is 0 Å². The van der Waals surface area contributed by atoms with Crippen molar-refractivity contribution in [2.45, 2.75) is 12.8 Å². The van der Waals surface area contributed by atoms with E-state index in [4.69, 9.17) is 8.83 Å². The first-order chi connectivity index (χ1) is 10.9. The Hall–Kier alpha value is -2.81. The van der Waals surface area contributed by atoms with Crippen molar-refractivity contribution < 1.29 is 8.83 Å². The highest BCUT2D eigenvalue weighted by Gasteiger charge is 2.08. The Labute approximate surface area is 128 Å². The lowest BCUT2D eigenvalue weighted by Gasteiger charge is -1.96. The summed E-state index contributed by atoms with van der Waals surface area (Å²) in [5, 5.41) is 0. The lowest BCUT2D eigenvalue weighted by Crippen LogP contribution is -1.90. The first-order valence-corrected chi connectivity index (χ1v) is 7.36. The van der Waals surface area contributed by atoms with Crippen molar-refractivity contribution in [3.63, 3.8) is 0 Å². The van der Waals surface area contributed by atoms with Gasteiger partial charge in [-0.15, -0.1) is 0 Å². The summed E-state index contributed by atoms with van der Waals surface area (Å²) >= 11 is 0. The molecule has 3 heteroatoms. The lowest BCUT2D eigenvalue weighted by atomic mass is 10.1. The van der Waals surface area contributed by atoms with Crippen molar-refractivity contribution in [1.82, 2.24) is 4.98 Å². The van der Waals surface area contributed by atoms with Crippen molar-refractivity contribution in [2.24, 2.45) is 0 Å². The first kappa shape index (κ1) is 12.9. The molecule has 4 aromatic rings. The highest BCUT2D eigenvalue weighted by atomic mass is 16.3. The summed E-state index contributed by atoms with van der Waals surface area (Å²) in [5.74, 6) is 1.62. The van der Waals surface area contributed by atoms with Gasteiger partial charge in [-0.1, -0.05) is 30.3 Å². The van der Waals surface area contributed by atoms with Crippen LogP contribution in [0.25, 0.3) is 22.4 Å². The molecule has 0 saturated carbocycles. The molecule has 3 nitrogen and oxygen atoms in total. The van der Waals surface area contributed by atoms with Crippen LogP contribution in [-0.4, -0.2) is 4.98 Å². The van der Waals surface area contributed by atoms with Crippen molar-refractivity contribution >= 4 is 11.1 Å². The van der Waals surface area contributed by atoms with E-state index in [0.717, 1.165) is 41.2 Å². The Balaban J connectivity index is 1.58. The van der Waals surface area contributed by atoms with Crippen LogP contribution >= 0.6 is 0 Å². The molecule has 0 bridgehead atoms. The Kier molecular flexibility index (Phi) is 3.24. The van der Waals surface area contributed by atoms with Crippen LogP contribution in [0.2, 0.25) is 0 Å². The average Bonchev–Trinajstić information content (AvgIpc) is 3.22. The van der Waals surface area contributed by atoms with Gasteiger partial charge in [-0.25, -0.2) is 4.98 Å². The Morgan fingerprint density at radius 1 is 0.864 bits per heavy atom. The van der Waals surface area contributed by atoms with Gasteiger partial charge in [0.15, 0.2) is 11.5 Å². The van der Waals surface area contributed by atoms with E-state index in [0.29, 0.717) is 0 Å². The maximum absolute atomic E-state index is 5.82. The molecule has 4 rings (SSSR count). The molecule has 108 valence electrons. The van der Waals surface area contributed by atoms with Gasteiger partial charge in [-0.2, -0.15) is 0 Å². The third-order valence-corrected chi connectivity index (χ3v) is 3.71. The summed E-state index contributed by atoms with van der Waals surface area (Å²) in [7, 11) is 0. The summed E-state index contributed by atoms with van der Waals surface area (Å²) in [6.45, 7) is 0. The summed E-state index contributed by atoms with van der Waals surface area (Å²) in [6.07, 6.45) is 3.40. The zero-order valence-electron chi connectivity index (χ0n) is 12.0. The van der Waals surface area contributed by atoms with Crippen molar-refractivity contribution in [2.75, 3.05) is 0 Å². The van der Waals surface area contributed by atoms with E-state index in [-0.39, 0.29) is 0 Å². The van der Waals surface area contributed by atoms with Crippen LogP contribution in [0.15, 0.2) is 75.8 Å². The minimum absolute atomic E-state index is 0.774. The maximum atomic E-state index is 5.82. The quantitative estimate of drug-likeness (QED) is 0.538. The highest BCUT2D eigenvalue weighted by molar-refractivity contribution is 5.79. The molecule has 0 saturated heterocycles. The van der Waals surface area contributed by atoms with Gasteiger partial charge < -0.3 is 8.83 Å². The molecule has 2 aromatic heterocycles. The summed E-state index contributed by atoms with van der Waals surface area (Å²) in [6, 6.07) is 20.1. The molecule has 0 atom stereocenters. The Morgan fingerprint density at radius 2 is 1.77 bits per heavy atom. The van der Waals surface area contributed by atoms with E-state index >= 15 is 0 Å². The fourth-order valence-electron chi connectivity index (χ4n) is 2.57. The highest BCUT2D eigenvalue weighted by Crippen LogP contribution is 2.25. The summed E-state index contributed by atoms with van der Waals surface area (Å²) < 4.78 is 11.2. The molecular weight excluding hydrogens is 274 g/mol. The minimum atomic E-state index is 0.774. The fourth-order valence-corrected chi connectivity index (χ4v) is 2.57. The van der Waals surface area contributed by atoms with E-state index in [1.54, 1.807) is 6.26 Å². The van der Waals surface area contributed by atoms with Crippen LogP contribution in [0.5, 0.6) is 0 Å². The van der Waals surface area contributed by atoms with Crippen LogP contribution in [0.4, 0.5) is 0 Å². The average molecular weight is 289 g/mol. The number of hydrogen-bond acceptors (Lipinski definition) is 3. The number of aryl methyl sites for hydroxylation is 2. The van der Waals surface area contributed by atoms with Crippen molar-refractivity contribution in [1.29, 1.82) is 0 Å². The van der Waals surface area contributed by atoms with Gasteiger partial charge in [0.2, 0.25) is 0 Å². The van der Waals surface area contributed by atoms with Crippen molar-refractivity contribution in [3.05, 3.63) is 78.4 Å². The second-order valence-corrected chi connectivity index (χ2v) is 5.25. The topological polar surface area (TPSA) is 39.2 Å². The number of nitrogens with zero attached hydrogens (tertiary/aromatic N) is 1. The van der Waals surface area contributed by atoms with Gasteiger partial charge >= 0.3 is 0 Å². The van der Waals surface area contributed by atoms with E-state index in [9.17, 15) is 0 Å². The third kappa shape index (κ3) is 2.53. The lowest BCUT2D eigenvalue weighted by molar-refractivity contribution is 0.528. The van der Waals surface area contributed by atoms with Gasteiger partial charge in [0.1, 0.15) is 11.3 Å². The summed E-state index contributed by atoms with van der Waals surface area (Å²) in [4.78, 5) is 4.59. The molecule has 2 aromatic carbocycles. The largest absolute Gasteiger partial charge is 0.464 e. The smallest absolute Gasteiger partial charge is 0.195 e. The normalized spacial score (nSPS) is 11.1. The summed E-state index contributed by atoms with van der Waals surface area (Å²) in [5.41, 5.74) is 4.00.